The molecule has 1 aromatic heterocycles. The van der Waals surface area contributed by atoms with Crippen molar-refractivity contribution in [2.24, 2.45) is 0 Å². The lowest BCUT2D eigenvalue weighted by Gasteiger charge is -2.05. The van der Waals surface area contributed by atoms with Crippen molar-refractivity contribution in [3.63, 3.8) is 0 Å². The Morgan fingerprint density at radius 2 is 2.12 bits per heavy atom. The Balaban J connectivity index is 2.02. The van der Waals surface area contributed by atoms with Crippen molar-refractivity contribution in [2.45, 2.75) is 6.54 Å². The van der Waals surface area contributed by atoms with E-state index in [1.807, 2.05) is 12.1 Å². The average Bonchev–Trinajstić information content (AvgIpc) is 2.66. The van der Waals surface area contributed by atoms with Crippen LogP contribution >= 0.6 is 27.5 Å². The van der Waals surface area contributed by atoms with Crippen molar-refractivity contribution < 1.29 is 9.52 Å². The lowest BCUT2D eigenvalue weighted by atomic mass is 10.3. The van der Waals surface area contributed by atoms with Crippen molar-refractivity contribution in [3.05, 3.63) is 45.8 Å². The van der Waals surface area contributed by atoms with E-state index in [1.165, 1.54) is 0 Å². The van der Waals surface area contributed by atoms with Gasteiger partial charge in [0.15, 0.2) is 4.67 Å². The standard InChI is InChI=1S/C11H9BrClNO2/c12-11-4-2-8(16-11)6-14-7-1-3-10(15)9(13)5-7/h1-5,14-15H,6H2. The highest BCUT2D eigenvalue weighted by molar-refractivity contribution is 9.10. The maximum Gasteiger partial charge on any atom is 0.169 e. The van der Waals surface area contributed by atoms with Crippen LogP contribution in [0, 0.1) is 0 Å². The Kier molecular flexibility index (Phi) is 3.41. The lowest BCUT2D eigenvalue weighted by molar-refractivity contribution is 0.475. The summed E-state index contributed by atoms with van der Waals surface area (Å²) in [5, 5.41) is 12.7. The minimum absolute atomic E-state index is 0.0768. The largest absolute Gasteiger partial charge is 0.506 e. The number of phenolic OH excluding ortho intramolecular Hbond substituents is 1. The molecule has 0 saturated carbocycles. The molecule has 0 unspecified atom stereocenters. The second-order valence-corrected chi connectivity index (χ2v) is 4.41. The smallest absolute Gasteiger partial charge is 0.169 e. The molecule has 0 radical (unpaired) electrons. The topological polar surface area (TPSA) is 45.4 Å². The molecule has 3 nitrogen and oxygen atoms in total. The van der Waals surface area contributed by atoms with Gasteiger partial charge in [-0.25, -0.2) is 0 Å². The van der Waals surface area contributed by atoms with E-state index in [0.717, 1.165) is 11.4 Å². The minimum atomic E-state index is 0.0768. The van der Waals surface area contributed by atoms with Gasteiger partial charge in [0, 0.05) is 5.69 Å². The summed E-state index contributed by atoms with van der Waals surface area (Å²) in [6.45, 7) is 0.562. The molecular weight excluding hydrogens is 293 g/mol. The Hall–Kier alpha value is -1.13. The molecule has 2 N–H and O–H groups in total. The summed E-state index contributed by atoms with van der Waals surface area (Å²) in [4.78, 5) is 0. The first kappa shape index (κ1) is 11.4. The van der Waals surface area contributed by atoms with Crippen molar-refractivity contribution in [1.82, 2.24) is 0 Å². The summed E-state index contributed by atoms with van der Waals surface area (Å²) < 4.78 is 6.03. The van der Waals surface area contributed by atoms with Crippen LogP contribution in [0.1, 0.15) is 5.76 Å². The van der Waals surface area contributed by atoms with Gasteiger partial charge in [0.1, 0.15) is 11.5 Å². The third kappa shape index (κ3) is 2.71. The summed E-state index contributed by atoms with van der Waals surface area (Å²) in [6.07, 6.45) is 0. The molecule has 0 saturated heterocycles. The molecule has 2 rings (SSSR count). The van der Waals surface area contributed by atoms with Crippen molar-refractivity contribution >= 4 is 33.2 Å². The zero-order chi connectivity index (χ0) is 11.5. The first-order valence-corrected chi connectivity index (χ1v) is 5.79. The predicted octanol–water partition coefficient (Wildman–Crippen LogP) is 4.01. The fourth-order valence-corrected chi connectivity index (χ4v) is 1.77. The number of rotatable bonds is 3. The molecule has 2 aromatic rings. The predicted molar refractivity (Wildman–Crippen MR) is 66.9 cm³/mol. The third-order valence-electron chi connectivity index (χ3n) is 2.04. The van der Waals surface area contributed by atoms with Gasteiger partial charge in [0.05, 0.1) is 11.6 Å². The van der Waals surface area contributed by atoms with E-state index in [2.05, 4.69) is 21.2 Å². The fourth-order valence-electron chi connectivity index (χ4n) is 1.25. The van der Waals surface area contributed by atoms with Crippen LogP contribution in [-0.2, 0) is 6.54 Å². The highest BCUT2D eigenvalue weighted by Crippen LogP contribution is 2.26. The number of furan rings is 1. The molecule has 1 heterocycles. The van der Waals surface area contributed by atoms with Crippen LogP contribution < -0.4 is 5.32 Å². The van der Waals surface area contributed by atoms with Crippen LogP contribution in [0.25, 0.3) is 0 Å². The number of hydrogen-bond acceptors (Lipinski definition) is 3. The first-order valence-electron chi connectivity index (χ1n) is 4.62. The van der Waals surface area contributed by atoms with Gasteiger partial charge in [-0.05, 0) is 46.3 Å². The molecular formula is C11H9BrClNO2. The molecule has 0 amide bonds. The van der Waals surface area contributed by atoms with Crippen LogP contribution in [0.15, 0.2) is 39.4 Å². The Bertz CT molecular complexity index is 498. The zero-order valence-electron chi connectivity index (χ0n) is 8.21. The Morgan fingerprint density at radius 3 is 2.75 bits per heavy atom. The molecule has 0 bridgehead atoms. The molecule has 0 atom stereocenters. The van der Waals surface area contributed by atoms with Gasteiger partial charge >= 0.3 is 0 Å². The average molecular weight is 303 g/mol. The lowest BCUT2D eigenvalue weighted by Crippen LogP contribution is -1.97. The van der Waals surface area contributed by atoms with Gasteiger partial charge in [-0.3, -0.25) is 0 Å². The van der Waals surface area contributed by atoms with Crippen molar-refractivity contribution in [3.8, 4) is 5.75 Å². The van der Waals surface area contributed by atoms with E-state index >= 15 is 0 Å². The molecule has 0 aliphatic carbocycles. The summed E-state index contributed by atoms with van der Waals surface area (Å²) in [5.74, 6) is 0.893. The molecule has 0 spiro atoms. The number of hydrogen-bond donors (Lipinski definition) is 2. The van der Waals surface area contributed by atoms with E-state index in [9.17, 15) is 5.11 Å². The van der Waals surface area contributed by atoms with Gasteiger partial charge in [-0.1, -0.05) is 11.6 Å². The first-order chi connectivity index (χ1) is 7.65. The third-order valence-corrected chi connectivity index (χ3v) is 2.77. The van der Waals surface area contributed by atoms with E-state index < -0.39 is 0 Å². The molecule has 1 aromatic carbocycles. The molecule has 0 aliphatic heterocycles. The summed E-state index contributed by atoms with van der Waals surface area (Å²) in [5.41, 5.74) is 0.829. The van der Waals surface area contributed by atoms with Crippen molar-refractivity contribution in [2.75, 3.05) is 5.32 Å². The highest BCUT2D eigenvalue weighted by atomic mass is 79.9. The maximum atomic E-state index is 9.25. The summed E-state index contributed by atoms with van der Waals surface area (Å²) in [6, 6.07) is 8.66. The second-order valence-electron chi connectivity index (χ2n) is 3.23. The zero-order valence-corrected chi connectivity index (χ0v) is 10.5. The SMILES string of the molecule is Oc1ccc(NCc2ccc(Br)o2)cc1Cl. The van der Waals surface area contributed by atoms with E-state index in [0.29, 0.717) is 16.2 Å². The highest BCUT2D eigenvalue weighted by Gasteiger charge is 2.02. The van der Waals surface area contributed by atoms with Crippen molar-refractivity contribution in [1.29, 1.82) is 0 Å². The quantitative estimate of drug-likeness (QED) is 0.842. The summed E-state index contributed by atoms with van der Waals surface area (Å²) >= 11 is 9.01. The van der Waals surface area contributed by atoms with Crippen LogP contribution in [-0.4, -0.2) is 5.11 Å². The minimum Gasteiger partial charge on any atom is -0.506 e. The molecule has 0 aliphatic rings. The maximum absolute atomic E-state index is 9.25. The number of anilines is 1. The monoisotopic (exact) mass is 301 g/mol. The van der Waals surface area contributed by atoms with E-state index in [1.54, 1.807) is 18.2 Å². The molecule has 16 heavy (non-hydrogen) atoms. The molecule has 84 valence electrons. The van der Waals surface area contributed by atoms with E-state index in [-0.39, 0.29) is 5.75 Å². The molecule has 5 heteroatoms. The molecule has 0 fully saturated rings. The second kappa shape index (κ2) is 4.80. The number of benzene rings is 1. The van der Waals surface area contributed by atoms with E-state index in [4.69, 9.17) is 16.0 Å². The number of phenols is 1. The van der Waals surface area contributed by atoms with Crippen LogP contribution in [0.5, 0.6) is 5.75 Å². The van der Waals surface area contributed by atoms with Crippen LogP contribution in [0.4, 0.5) is 5.69 Å². The Morgan fingerprint density at radius 1 is 1.31 bits per heavy atom. The fraction of sp³-hybridized carbons (Fsp3) is 0.0909. The normalized spacial score (nSPS) is 10.4. The summed E-state index contributed by atoms with van der Waals surface area (Å²) in [7, 11) is 0. The van der Waals surface area contributed by atoms with Gasteiger partial charge in [-0.2, -0.15) is 0 Å². The van der Waals surface area contributed by atoms with Gasteiger partial charge in [0.2, 0.25) is 0 Å². The van der Waals surface area contributed by atoms with Crippen LogP contribution in [0.2, 0.25) is 5.02 Å². The van der Waals surface area contributed by atoms with Crippen LogP contribution in [0.3, 0.4) is 0 Å². The number of aromatic hydroxyl groups is 1. The Labute approximate surface area is 106 Å². The number of nitrogens with one attached hydrogen (secondary N) is 1. The van der Waals surface area contributed by atoms with Gasteiger partial charge in [-0.15, -0.1) is 0 Å². The van der Waals surface area contributed by atoms with Gasteiger partial charge in [0.25, 0.3) is 0 Å². The van der Waals surface area contributed by atoms with Gasteiger partial charge < -0.3 is 14.8 Å². The number of halogens is 2.